The monoisotopic (exact) mass is 252 g/mol. The summed E-state index contributed by atoms with van der Waals surface area (Å²) in [6.45, 7) is 2.58. The molecule has 6 nitrogen and oxygen atoms in total. The maximum atomic E-state index is 10.7. The summed E-state index contributed by atoms with van der Waals surface area (Å²) in [6.07, 6.45) is 1.46. The van der Waals surface area contributed by atoms with Crippen LogP contribution in [-0.4, -0.2) is 26.3 Å². The summed E-state index contributed by atoms with van der Waals surface area (Å²) in [7, 11) is 0. The average molecular weight is 252 g/mol. The summed E-state index contributed by atoms with van der Waals surface area (Å²) in [5.74, 6) is -0.129. The molecule has 0 bridgehead atoms. The Bertz CT molecular complexity index is 494. The highest BCUT2D eigenvalue weighted by molar-refractivity contribution is 7.10. The second kappa shape index (κ2) is 5.07. The lowest BCUT2D eigenvalue weighted by Gasteiger charge is -2.09. The molecule has 17 heavy (non-hydrogen) atoms. The van der Waals surface area contributed by atoms with Gasteiger partial charge in [-0.25, -0.2) is 9.78 Å². The van der Waals surface area contributed by atoms with Gasteiger partial charge in [0.2, 0.25) is 0 Å². The number of aromatic amines is 1. The predicted molar refractivity (Wildman–Crippen MR) is 62.9 cm³/mol. The third kappa shape index (κ3) is 2.89. The number of nitrogens with zero attached hydrogens (tertiary/aromatic N) is 2. The number of H-pyrrole nitrogens is 1. The van der Waals surface area contributed by atoms with Crippen molar-refractivity contribution in [2.45, 2.75) is 19.5 Å². The molecule has 1 unspecified atom stereocenters. The Morgan fingerprint density at radius 1 is 1.71 bits per heavy atom. The van der Waals surface area contributed by atoms with Crippen molar-refractivity contribution in [3.05, 3.63) is 34.0 Å². The normalized spacial score (nSPS) is 12.5. The fraction of sp³-hybridized carbons (Fsp3) is 0.300. The van der Waals surface area contributed by atoms with Gasteiger partial charge >= 0.3 is 5.97 Å². The molecule has 90 valence electrons. The van der Waals surface area contributed by atoms with Gasteiger partial charge in [0.25, 0.3) is 0 Å². The van der Waals surface area contributed by atoms with Crippen molar-refractivity contribution in [1.29, 1.82) is 0 Å². The molecule has 0 aliphatic carbocycles. The van der Waals surface area contributed by atoms with Gasteiger partial charge in [0.15, 0.2) is 0 Å². The highest BCUT2D eigenvalue weighted by Crippen LogP contribution is 2.15. The zero-order valence-corrected chi connectivity index (χ0v) is 9.99. The second-order valence-electron chi connectivity index (χ2n) is 3.58. The molecule has 2 aromatic heterocycles. The Labute approximate surface area is 102 Å². The van der Waals surface area contributed by atoms with Crippen LogP contribution < -0.4 is 5.32 Å². The minimum Gasteiger partial charge on any atom is -0.478 e. The van der Waals surface area contributed by atoms with E-state index >= 15 is 0 Å². The molecule has 1 atom stereocenters. The zero-order valence-electron chi connectivity index (χ0n) is 9.17. The van der Waals surface area contributed by atoms with Gasteiger partial charge in [-0.05, 0) is 13.0 Å². The summed E-state index contributed by atoms with van der Waals surface area (Å²) in [5.41, 5.74) is 0.333. The van der Waals surface area contributed by atoms with Crippen molar-refractivity contribution in [2.24, 2.45) is 0 Å². The topological polar surface area (TPSA) is 90.9 Å². The summed E-state index contributed by atoms with van der Waals surface area (Å²) >= 11 is 1.43. The van der Waals surface area contributed by atoms with E-state index in [-0.39, 0.29) is 6.04 Å². The molecule has 2 heterocycles. The molecule has 0 aromatic carbocycles. The highest BCUT2D eigenvalue weighted by Gasteiger charge is 2.10. The Hall–Kier alpha value is -1.73. The number of rotatable bonds is 5. The van der Waals surface area contributed by atoms with Crippen molar-refractivity contribution in [2.75, 3.05) is 0 Å². The lowest BCUT2D eigenvalue weighted by molar-refractivity contribution is 0.0697. The molecule has 2 aromatic rings. The van der Waals surface area contributed by atoms with E-state index in [0.29, 0.717) is 12.1 Å². The van der Waals surface area contributed by atoms with Gasteiger partial charge in [-0.2, -0.15) is 5.10 Å². The Morgan fingerprint density at radius 2 is 2.53 bits per heavy atom. The lowest BCUT2D eigenvalue weighted by atomic mass is 10.3. The molecule has 0 saturated carbocycles. The van der Waals surface area contributed by atoms with E-state index in [4.69, 9.17) is 5.11 Å². The number of carboxylic acid groups (broad SMARTS) is 1. The van der Waals surface area contributed by atoms with E-state index < -0.39 is 5.97 Å². The van der Waals surface area contributed by atoms with Crippen LogP contribution in [0, 0.1) is 0 Å². The third-order valence-corrected chi connectivity index (χ3v) is 3.26. The van der Waals surface area contributed by atoms with Crippen LogP contribution in [0.2, 0.25) is 0 Å². The molecular weight excluding hydrogens is 240 g/mol. The first kappa shape index (κ1) is 11.7. The first-order chi connectivity index (χ1) is 8.16. The minimum absolute atomic E-state index is 0.0490. The number of hydrogen-bond donors (Lipinski definition) is 3. The van der Waals surface area contributed by atoms with Crippen molar-refractivity contribution < 1.29 is 9.90 Å². The van der Waals surface area contributed by atoms with E-state index in [1.165, 1.54) is 17.7 Å². The number of aromatic carboxylic acids is 1. The average Bonchev–Trinajstić information content (AvgIpc) is 2.97. The fourth-order valence-electron chi connectivity index (χ4n) is 1.36. The van der Waals surface area contributed by atoms with Crippen LogP contribution in [0.3, 0.4) is 0 Å². The lowest BCUT2D eigenvalue weighted by Crippen LogP contribution is -2.18. The molecule has 0 saturated heterocycles. The summed E-state index contributed by atoms with van der Waals surface area (Å²) in [4.78, 5) is 15.7. The van der Waals surface area contributed by atoms with Gasteiger partial charge in [-0.1, -0.05) is 0 Å². The molecule has 0 aliphatic heterocycles. The first-order valence-corrected chi connectivity index (χ1v) is 5.94. The maximum Gasteiger partial charge on any atom is 0.336 e. The van der Waals surface area contributed by atoms with Crippen LogP contribution in [0.15, 0.2) is 17.8 Å². The fourth-order valence-corrected chi connectivity index (χ4v) is 2.17. The van der Waals surface area contributed by atoms with Gasteiger partial charge in [-0.15, -0.1) is 11.3 Å². The van der Waals surface area contributed by atoms with Crippen LogP contribution in [0.4, 0.5) is 0 Å². The number of nitrogens with one attached hydrogen (secondary N) is 2. The van der Waals surface area contributed by atoms with Crippen LogP contribution in [0.5, 0.6) is 0 Å². The SMILES string of the molecule is CC(NCc1cc(C(=O)O)cs1)c1ncn[nH]1. The van der Waals surface area contributed by atoms with Gasteiger partial charge in [-0.3, -0.25) is 5.10 Å². The Kier molecular flexibility index (Phi) is 3.50. The largest absolute Gasteiger partial charge is 0.478 e. The van der Waals surface area contributed by atoms with Crippen LogP contribution in [0.25, 0.3) is 0 Å². The van der Waals surface area contributed by atoms with E-state index in [2.05, 4.69) is 20.5 Å². The summed E-state index contributed by atoms with van der Waals surface area (Å²) in [5, 5.41) is 20.2. The van der Waals surface area contributed by atoms with Crippen molar-refractivity contribution in [3.63, 3.8) is 0 Å². The van der Waals surface area contributed by atoms with Crippen molar-refractivity contribution >= 4 is 17.3 Å². The molecule has 7 heteroatoms. The standard InChI is InChI=1S/C10H12N4O2S/c1-6(9-12-5-13-14-9)11-3-8-2-7(4-17-8)10(15)16/h2,4-6,11H,3H2,1H3,(H,15,16)(H,12,13,14). The van der Waals surface area contributed by atoms with Crippen LogP contribution >= 0.6 is 11.3 Å². The number of carboxylic acids is 1. The smallest absolute Gasteiger partial charge is 0.336 e. The second-order valence-corrected chi connectivity index (χ2v) is 4.58. The number of thiophene rings is 1. The predicted octanol–water partition coefficient (Wildman–Crippen LogP) is 1.42. The molecule has 0 aliphatic rings. The highest BCUT2D eigenvalue weighted by atomic mass is 32.1. The van der Waals surface area contributed by atoms with Crippen LogP contribution in [-0.2, 0) is 6.54 Å². The summed E-state index contributed by atoms with van der Waals surface area (Å²) < 4.78 is 0. The van der Waals surface area contributed by atoms with Crippen LogP contribution in [0.1, 0.15) is 34.0 Å². The first-order valence-electron chi connectivity index (χ1n) is 5.06. The molecular formula is C10H12N4O2S. The minimum atomic E-state index is -0.893. The van der Waals surface area contributed by atoms with Crippen molar-refractivity contribution in [3.8, 4) is 0 Å². The van der Waals surface area contributed by atoms with Gasteiger partial charge in [0.1, 0.15) is 12.2 Å². The molecule has 3 N–H and O–H groups in total. The van der Waals surface area contributed by atoms with Gasteiger partial charge < -0.3 is 10.4 Å². The number of aromatic nitrogens is 3. The molecule has 0 spiro atoms. The summed E-state index contributed by atoms with van der Waals surface area (Å²) in [6, 6.07) is 1.72. The van der Waals surface area contributed by atoms with Gasteiger partial charge in [0, 0.05) is 16.8 Å². The Morgan fingerprint density at radius 3 is 3.12 bits per heavy atom. The quantitative estimate of drug-likeness (QED) is 0.748. The molecule has 0 radical (unpaired) electrons. The molecule has 0 fully saturated rings. The van der Waals surface area contributed by atoms with Crippen molar-refractivity contribution in [1.82, 2.24) is 20.5 Å². The van der Waals surface area contributed by atoms with E-state index in [9.17, 15) is 4.79 Å². The van der Waals surface area contributed by atoms with Gasteiger partial charge in [0.05, 0.1) is 11.6 Å². The molecule has 2 rings (SSSR count). The van der Waals surface area contributed by atoms with E-state index in [0.717, 1.165) is 10.7 Å². The Balaban J connectivity index is 1.91. The zero-order chi connectivity index (χ0) is 12.3. The van der Waals surface area contributed by atoms with E-state index in [1.54, 1.807) is 11.4 Å². The third-order valence-electron chi connectivity index (χ3n) is 2.33. The number of carbonyl (C=O) groups is 1. The van der Waals surface area contributed by atoms with E-state index in [1.807, 2.05) is 6.92 Å². The maximum absolute atomic E-state index is 10.7. The number of hydrogen-bond acceptors (Lipinski definition) is 5. The molecule has 0 amide bonds.